The summed E-state index contributed by atoms with van der Waals surface area (Å²) >= 11 is 13.3. The third-order valence-electron chi connectivity index (χ3n) is 3.57. The average molecular weight is 459 g/mol. The van der Waals surface area contributed by atoms with Gasteiger partial charge in [-0.05, 0) is 30.2 Å². The maximum Gasteiger partial charge on any atom is 0.118 e. The lowest BCUT2D eigenvalue weighted by Gasteiger charge is -2.04. The summed E-state index contributed by atoms with van der Waals surface area (Å²) in [4.78, 5) is 1.41. The number of methoxy groups -OCH3 is 1. The number of fused-ring (bicyclic) bond motifs is 1. The normalized spacial score (nSPS) is 16.8. The van der Waals surface area contributed by atoms with Gasteiger partial charge < -0.3 is 4.74 Å². The minimum atomic E-state index is 0.902. The van der Waals surface area contributed by atoms with Crippen LogP contribution in [-0.2, 0) is 0 Å². The first-order valence-electron chi connectivity index (χ1n) is 7.27. The predicted octanol–water partition coefficient (Wildman–Crippen LogP) is 8.08. The summed E-state index contributed by atoms with van der Waals surface area (Å²) in [6.07, 6.45) is 4.33. The molecular weight excluding hydrogens is 445 g/mol. The summed E-state index contributed by atoms with van der Waals surface area (Å²) in [6, 6.07) is 8.37. The van der Waals surface area contributed by atoms with Gasteiger partial charge in [0.05, 0.1) is 28.3 Å². The zero-order valence-corrected chi connectivity index (χ0v) is 19.4. The van der Waals surface area contributed by atoms with Gasteiger partial charge in [0.15, 0.2) is 0 Å². The maximum atomic E-state index is 5.28. The lowest BCUT2D eigenvalue weighted by Crippen LogP contribution is -1.82. The topological polar surface area (TPSA) is 9.23 Å². The number of thioether (sulfide) groups is 6. The second kappa shape index (κ2) is 8.12. The van der Waals surface area contributed by atoms with Crippen LogP contribution in [0.4, 0.5) is 0 Å². The molecule has 0 amide bonds. The number of ether oxygens (including phenoxy) is 1. The molecule has 0 spiro atoms. The zero-order valence-electron chi connectivity index (χ0n) is 13.7. The quantitative estimate of drug-likeness (QED) is 0.452. The summed E-state index contributed by atoms with van der Waals surface area (Å²) in [5, 5.41) is 2.28. The van der Waals surface area contributed by atoms with E-state index in [1.165, 1.54) is 37.2 Å². The second-order valence-corrected chi connectivity index (χ2v) is 12.8. The van der Waals surface area contributed by atoms with Crippen LogP contribution in [0.3, 0.4) is 0 Å². The van der Waals surface area contributed by atoms with E-state index in [1.54, 1.807) is 7.11 Å². The molecule has 2 aromatic rings. The van der Waals surface area contributed by atoms with Crippen molar-refractivity contribution < 1.29 is 4.74 Å². The Bertz CT molecular complexity index is 846. The molecule has 25 heavy (non-hydrogen) atoms. The van der Waals surface area contributed by atoms with Gasteiger partial charge in [0.1, 0.15) is 5.75 Å². The first kappa shape index (κ1) is 18.7. The first-order chi connectivity index (χ1) is 12.2. The van der Waals surface area contributed by atoms with Crippen molar-refractivity contribution in [2.24, 2.45) is 0 Å². The molecule has 1 aromatic heterocycles. The number of rotatable bonds is 4. The van der Waals surface area contributed by atoms with Crippen molar-refractivity contribution in [3.63, 3.8) is 0 Å². The highest BCUT2D eigenvalue weighted by molar-refractivity contribution is 8.42. The molecule has 0 aliphatic carbocycles. The fourth-order valence-corrected chi connectivity index (χ4v) is 11.8. The molecule has 0 atom stereocenters. The van der Waals surface area contributed by atoms with Crippen LogP contribution in [-0.4, -0.2) is 19.6 Å². The minimum Gasteiger partial charge on any atom is -0.497 e. The summed E-state index contributed by atoms with van der Waals surface area (Å²) < 4.78 is 12.4. The highest BCUT2D eigenvalue weighted by Gasteiger charge is 2.30. The van der Waals surface area contributed by atoms with Crippen molar-refractivity contribution in [3.05, 3.63) is 46.6 Å². The summed E-state index contributed by atoms with van der Waals surface area (Å²) in [5.74, 6) is 0.902. The smallest absolute Gasteiger partial charge is 0.118 e. The molecule has 8 heteroatoms. The van der Waals surface area contributed by atoms with Crippen LogP contribution < -0.4 is 4.74 Å². The van der Waals surface area contributed by atoms with Crippen molar-refractivity contribution in [3.8, 4) is 16.9 Å². The van der Waals surface area contributed by atoms with Crippen LogP contribution in [0.25, 0.3) is 11.1 Å². The molecule has 0 fully saturated rings. The van der Waals surface area contributed by atoms with Crippen molar-refractivity contribution in [1.82, 2.24) is 0 Å². The van der Waals surface area contributed by atoms with Gasteiger partial charge in [0.25, 0.3) is 0 Å². The number of benzene rings is 1. The maximum absolute atomic E-state index is 5.28. The lowest BCUT2D eigenvalue weighted by atomic mass is 10.1. The highest BCUT2D eigenvalue weighted by Crippen LogP contribution is 2.65. The number of hydrogen-bond donors (Lipinski definition) is 0. The molecule has 0 saturated heterocycles. The lowest BCUT2D eigenvalue weighted by molar-refractivity contribution is 0.415. The van der Waals surface area contributed by atoms with E-state index in [4.69, 9.17) is 4.74 Å². The Kier molecular flexibility index (Phi) is 6.06. The number of thiophene rings is 1. The molecular formula is C17H14OS7. The fraction of sp³-hybridized carbons (Fsp3) is 0.176. The van der Waals surface area contributed by atoms with E-state index >= 15 is 0 Å². The van der Waals surface area contributed by atoms with Gasteiger partial charge in [0, 0.05) is 15.8 Å². The Labute approximate surface area is 177 Å². The average Bonchev–Trinajstić information content (AvgIpc) is 3.34. The van der Waals surface area contributed by atoms with Gasteiger partial charge >= 0.3 is 0 Å². The molecule has 2 aliphatic heterocycles. The summed E-state index contributed by atoms with van der Waals surface area (Å²) in [7, 11) is 1.71. The monoisotopic (exact) mass is 458 g/mol. The van der Waals surface area contributed by atoms with E-state index in [0.717, 1.165) is 5.75 Å². The van der Waals surface area contributed by atoms with Crippen LogP contribution in [0.15, 0.2) is 55.7 Å². The molecule has 0 bridgehead atoms. The summed E-state index contributed by atoms with van der Waals surface area (Å²) in [6.45, 7) is 0. The van der Waals surface area contributed by atoms with Crippen molar-refractivity contribution in [1.29, 1.82) is 0 Å². The Balaban J connectivity index is 1.60. The van der Waals surface area contributed by atoms with E-state index in [-0.39, 0.29) is 0 Å². The van der Waals surface area contributed by atoms with Crippen LogP contribution in [0.1, 0.15) is 0 Å². The Morgan fingerprint density at radius 3 is 2.08 bits per heavy atom. The molecule has 4 rings (SSSR count). The molecule has 1 nitrogen and oxygen atoms in total. The van der Waals surface area contributed by atoms with Gasteiger partial charge in [-0.3, -0.25) is 0 Å². The molecule has 3 heterocycles. The molecule has 0 unspecified atom stereocenters. The van der Waals surface area contributed by atoms with Crippen LogP contribution in [0.5, 0.6) is 5.75 Å². The molecule has 0 saturated carbocycles. The predicted molar refractivity (Wildman–Crippen MR) is 124 cm³/mol. The van der Waals surface area contributed by atoms with Crippen LogP contribution in [0, 0.1) is 0 Å². The minimum absolute atomic E-state index is 0.902. The van der Waals surface area contributed by atoms with E-state index in [2.05, 4.69) is 30.0 Å². The van der Waals surface area contributed by atoms with E-state index < -0.39 is 0 Å². The Morgan fingerprint density at radius 2 is 1.48 bits per heavy atom. The SMILES string of the molecule is COc1ccc(-c2csc3c2SC(=C2SC(SC)=C(SC)S2)S3)cc1. The van der Waals surface area contributed by atoms with Crippen molar-refractivity contribution >= 4 is 81.9 Å². The third kappa shape index (κ3) is 3.68. The Morgan fingerprint density at radius 1 is 0.840 bits per heavy atom. The van der Waals surface area contributed by atoms with Gasteiger partial charge in [-0.15, -0.1) is 34.9 Å². The molecule has 0 radical (unpaired) electrons. The van der Waals surface area contributed by atoms with Crippen molar-refractivity contribution in [2.75, 3.05) is 19.6 Å². The largest absolute Gasteiger partial charge is 0.497 e. The van der Waals surface area contributed by atoms with Gasteiger partial charge in [0.2, 0.25) is 0 Å². The Hall–Kier alpha value is 0.300. The standard InChI is InChI=1S/C17H14OS7/c1-18-10-6-4-9(5-7-10)11-8-21-13-12(11)22-16(23-13)17-24-14(19-2)15(20-3)25-17/h4-8H,1-3H3. The molecule has 130 valence electrons. The highest BCUT2D eigenvalue weighted by atomic mass is 32.3. The van der Waals surface area contributed by atoms with Gasteiger partial charge in [-0.2, -0.15) is 0 Å². The second-order valence-electron chi connectivity index (χ2n) is 4.96. The van der Waals surface area contributed by atoms with Gasteiger partial charge in [-0.1, -0.05) is 59.2 Å². The first-order valence-corrected chi connectivity index (χ1v) is 13.9. The van der Waals surface area contributed by atoms with Crippen LogP contribution >= 0.6 is 81.9 Å². The van der Waals surface area contributed by atoms with Crippen molar-refractivity contribution in [2.45, 2.75) is 9.10 Å². The van der Waals surface area contributed by atoms with Gasteiger partial charge in [-0.25, -0.2) is 0 Å². The number of hydrogen-bond acceptors (Lipinski definition) is 8. The zero-order chi connectivity index (χ0) is 17.4. The molecule has 2 aliphatic rings. The van der Waals surface area contributed by atoms with E-state index in [0.29, 0.717) is 0 Å². The summed E-state index contributed by atoms with van der Waals surface area (Å²) in [5.41, 5.74) is 2.60. The molecule has 1 aromatic carbocycles. The fourth-order valence-electron chi connectivity index (χ4n) is 2.35. The van der Waals surface area contributed by atoms with E-state index in [9.17, 15) is 0 Å². The third-order valence-corrected chi connectivity index (χ3v) is 13.2. The van der Waals surface area contributed by atoms with E-state index in [1.807, 2.05) is 94.0 Å². The molecule has 0 N–H and O–H groups in total. The van der Waals surface area contributed by atoms with Crippen LogP contribution in [0.2, 0.25) is 0 Å².